The van der Waals surface area contributed by atoms with Crippen molar-refractivity contribution in [3.63, 3.8) is 0 Å². The summed E-state index contributed by atoms with van der Waals surface area (Å²) < 4.78 is 2.43. The topological polar surface area (TPSA) is 8.17 Å². The van der Waals surface area contributed by atoms with Gasteiger partial charge < -0.3 is 9.47 Å². The van der Waals surface area contributed by atoms with Gasteiger partial charge in [-0.1, -0.05) is 188 Å². The van der Waals surface area contributed by atoms with Gasteiger partial charge in [0.1, 0.15) is 0 Å². The van der Waals surface area contributed by atoms with Crippen LogP contribution in [0.2, 0.25) is 0 Å². The van der Waals surface area contributed by atoms with E-state index in [2.05, 4.69) is 252 Å². The zero-order valence-electron chi connectivity index (χ0n) is 34.0. The highest BCUT2D eigenvalue weighted by molar-refractivity contribution is 6.22. The molecule has 12 rings (SSSR count). The molecule has 0 aliphatic rings. The molecule has 0 aliphatic heterocycles. The highest BCUT2D eigenvalue weighted by Crippen LogP contribution is 2.48. The van der Waals surface area contributed by atoms with E-state index in [-0.39, 0.29) is 0 Å². The monoisotopic (exact) mass is 788 g/mol. The molecule has 0 saturated heterocycles. The Morgan fingerprint density at radius 2 is 0.823 bits per heavy atom. The van der Waals surface area contributed by atoms with Crippen LogP contribution in [0.25, 0.3) is 93.2 Å². The molecule has 11 aromatic carbocycles. The minimum Gasteiger partial charge on any atom is -0.310 e. The van der Waals surface area contributed by atoms with Crippen LogP contribution < -0.4 is 4.90 Å². The summed E-state index contributed by atoms with van der Waals surface area (Å²) >= 11 is 0. The Hall–Kier alpha value is -8.20. The maximum atomic E-state index is 2.44. The molecule has 290 valence electrons. The molecule has 1 aromatic heterocycles. The number of aromatic nitrogens is 1. The van der Waals surface area contributed by atoms with Crippen LogP contribution in [0, 0.1) is 0 Å². The lowest BCUT2D eigenvalue weighted by Gasteiger charge is -2.28. The number of fused-ring (bicyclic) bond motifs is 7. The van der Waals surface area contributed by atoms with Crippen molar-refractivity contribution in [2.75, 3.05) is 4.90 Å². The molecule has 2 nitrogen and oxygen atoms in total. The number of anilines is 3. The first-order valence-corrected chi connectivity index (χ1v) is 21.3. The zero-order valence-corrected chi connectivity index (χ0v) is 34.0. The largest absolute Gasteiger partial charge is 0.310 e. The summed E-state index contributed by atoms with van der Waals surface area (Å²) in [5.74, 6) is 0. The van der Waals surface area contributed by atoms with E-state index in [9.17, 15) is 0 Å². The highest BCUT2D eigenvalue weighted by atomic mass is 15.1. The van der Waals surface area contributed by atoms with Crippen molar-refractivity contribution < 1.29 is 0 Å². The van der Waals surface area contributed by atoms with Gasteiger partial charge >= 0.3 is 0 Å². The highest BCUT2D eigenvalue weighted by Gasteiger charge is 2.22. The molecule has 0 bridgehead atoms. The molecule has 12 aromatic rings. The molecule has 0 saturated carbocycles. The zero-order chi connectivity index (χ0) is 41.0. The molecule has 62 heavy (non-hydrogen) atoms. The summed E-state index contributed by atoms with van der Waals surface area (Å²) in [5, 5.41) is 9.84. The summed E-state index contributed by atoms with van der Waals surface area (Å²) in [6.45, 7) is 0. The van der Waals surface area contributed by atoms with E-state index in [1.807, 2.05) is 0 Å². The second-order valence-electron chi connectivity index (χ2n) is 16.1. The molecule has 2 heteroatoms. The van der Waals surface area contributed by atoms with Crippen molar-refractivity contribution in [1.82, 2.24) is 4.57 Å². The predicted octanol–water partition coefficient (Wildman–Crippen LogP) is 16.7. The van der Waals surface area contributed by atoms with Crippen molar-refractivity contribution in [2.45, 2.75) is 0 Å². The smallest absolute Gasteiger partial charge is 0.0619 e. The molecule has 0 radical (unpaired) electrons. The quantitative estimate of drug-likeness (QED) is 0.146. The van der Waals surface area contributed by atoms with E-state index in [0.717, 1.165) is 28.3 Å². The van der Waals surface area contributed by atoms with Gasteiger partial charge in [-0.05, 0) is 115 Å². The molecule has 0 aliphatic carbocycles. The van der Waals surface area contributed by atoms with Gasteiger partial charge in [0.25, 0.3) is 0 Å². The Kier molecular flexibility index (Phi) is 8.53. The first-order valence-electron chi connectivity index (χ1n) is 21.3. The minimum atomic E-state index is 1.09. The van der Waals surface area contributed by atoms with Gasteiger partial charge in [0.15, 0.2) is 0 Å². The maximum absolute atomic E-state index is 2.44. The van der Waals surface area contributed by atoms with E-state index in [0.29, 0.717) is 0 Å². The van der Waals surface area contributed by atoms with Crippen molar-refractivity contribution >= 4 is 71.2 Å². The van der Waals surface area contributed by atoms with E-state index in [1.54, 1.807) is 0 Å². The Bertz CT molecular complexity index is 3620. The normalized spacial score (nSPS) is 11.5. The van der Waals surface area contributed by atoms with Crippen molar-refractivity contribution in [3.05, 3.63) is 243 Å². The van der Waals surface area contributed by atoms with E-state index in [1.165, 1.54) is 81.9 Å². The number of benzene rings is 11. The van der Waals surface area contributed by atoms with Crippen molar-refractivity contribution in [2.24, 2.45) is 0 Å². The van der Waals surface area contributed by atoms with E-state index < -0.39 is 0 Å². The van der Waals surface area contributed by atoms with Crippen LogP contribution in [0.5, 0.6) is 0 Å². The van der Waals surface area contributed by atoms with Crippen LogP contribution >= 0.6 is 0 Å². The van der Waals surface area contributed by atoms with Gasteiger partial charge in [-0.3, -0.25) is 0 Å². The lowest BCUT2D eigenvalue weighted by Crippen LogP contribution is -2.10. The fourth-order valence-corrected chi connectivity index (χ4v) is 9.80. The summed E-state index contributed by atoms with van der Waals surface area (Å²) in [5.41, 5.74) is 14.0. The summed E-state index contributed by atoms with van der Waals surface area (Å²) in [4.78, 5) is 2.44. The Balaban J connectivity index is 1.13. The van der Waals surface area contributed by atoms with E-state index in [4.69, 9.17) is 0 Å². The summed E-state index contributed by atoms with van der Waals surface area (Å²) in [7, 11) is 0. The Labute approximate surface area is 360 Å². The number of hydrogen-bond donors (Lipinski definition) is 0. The lowest BCUT2D eigenvalue weighted by atomic mass is 9.85. The van der Waals surface area contributed by atoms with Gasteiger partial charge in [-0.15, -0.1) is 0 Å². The minimum absolute atomic E-state index is 1.09. The molecule has 1 heterocycles. The lowest BCUT2D eigenvalue weighted by molar-refractivity contribution is 1.18. The third-order valence-electron chi connectivity index (χ3n) is 12.5. The SMILES string of the molecule is c1ccc(-c2c(-c3ccccc3)c3cc(N(c4cccc(-c5cccc6c7ccccc7n(-c7ccccc7)c56)c4)c4ccc5ccccc5c4)ccc3c3ccccc23)cc1. The first-order chi connectivity index (χ1) is 30.8. The molecule has 0 fully saturated rings. The van der Waals surface area contributed by atoms with Gasteiger partial charge in [0, 0.05) is 39.1 Å². The van der Waals surface area contributed by atoms with Crippen LogP contribution in [0.15, 0.2) is 243 Å². The average Bonchev–Trinajstić information content (AvgIpc) is 3.69. The fraction of sp³-hybridized carbons (Fsp3) is 0. The van der Waals surface area contributed by atoms with Crippen LogP contribution in [0.4, 0.5) is 17.1 Å². The van der Waals surface area contributed by atoms with Gasteiger partial charge in [-0.25, -0.2) is 0 Å². The number of para-hydroxylation sites is 3. The maximum Gasteiger partial charge on any atom is 0.0619 e. The fourth-order valence-electron chi connectivity index (χ4n) is 9.80. The number of rotatable bonds is 7. The van der Waals surface area contributed by atoms with Crippen molar-refractivity contribution in [1.29, 1.82) is 0 Å². The second kappa shape index (κ2) is 14.8. The van der Waals surface area contributed by atoms with E-state index >= 15 is 0 Å². The van der Waals surface area contributed by atoms with Crippen molar-refractivity contribution in [3.8, 4) is 39.1 Å². The van der Waals surface area contributed by atoms with Gasteiger partial charge in [0.05, 0.1) is 11.0 Å². The van der Waals surface area contributed by atoms with Crippen LogP contribution in [-0.2, 0) is 0 Å². The predicted molar refractivity (Wildman–Crippen MR) is 264 cm³/mol. The number of nitrogens with zero attached hydrogens (tertiary/aromatic N) is 2. The Morgan fingerprint density at radius 3 is 1.60 bits per heavy atom. The molecule has 0 spiro atoms. The van der Waals surface area contributed by atoms with Crippen LogP contribution in [0.1, 0.15) is 0 Å². The molecule has 0 unspecified atom stereocenters. The van der Waals surface area contributed by atoms with Crippen LogP contribution in [0.3, 0.4) is 0 Å². The Morgan fingerprint density at radius 1 is 0.290 bits per heavy atom. The standard InChI is InChI=1S/C60H40N2/c1-4-19-42(20-5-1)58-54-30-13-12-28-51(54)52-37-36-49(40-56(52)59(58)43-21-6-2-7-22-43)61(48-35-34-41-18-10-11-23-44(41)38-48)47-27-16-24-45(39-47)50-31-17-32-55-53-29-14-15-33-57(53)62(60(50)55)46-25-8-3-9-26-46/h1-40H. The molecular weight excluding hydrogens is 749 g/mol. The average molecular weight is 789 g/mol. The van der Waals surface area contributed by atoms with Gasteiger partial charge in [-0.2, -0.15) is 0 Å². The van der Waals surface area contributed by atoms with Gasteiger partial charge in [0.2, 0.25) is 0 Å². The molecular formula is C60H40N2. The number of hydrogen-bond acceptors (Lipinski definition) is 1. The van der Waals surface area contributed by atoms with Crippen LogP contribution in [-0.4, -0.2) is 4.57 Å². The first kappa shape index (κ1) is 35.7. The molecule has 0 atom stereocenters. The summed E-state index contributed by atoms with van der Waals surface area (Å²) in [6.07, 6.45) is 0. The third kappa shape index (κ3) is 5.88. The summed E-state index contributed by atoms with van der Waals surface area (Å²) in [6, 6.07) is 88.6. The molecule has 0 amide bonds. The second-order valence-corrected chi connectivity index (χ2v) is 16.1. The molecule has 0 N–H and O–H groups in total. The third-order valence-corrected chi connectivity index (χ3v) is 12.5.